The first-order valence-corrected chi connectivity index (χ1v) is 32.2. The van der Waals surface area contributed by atoms with E-state index >= 15 is 0 Å². The van der Waals surface area contributed by atoms with Crippen LogP contribution in [0.3, 0.4) is 0 Å². The first-order valence-electron chi connectivity index (χ1n) is 28.9. The zero-order valence-corrected chi connectivity index (χ0v) is 54.3. The van der Waals surface area contributed by atoms with Crippen molar-refractivity contribution in [1.29, 1.82) is 0 Å². The lowest BCUT2D eigenvalue weighted by Gasteiger charge is -2.44. The van der Waals surface area contributed by atoms with Crippen LogP contribution in [0.1, 0.15) is 150 Å². The fraction of sp³-hybridized carbons (Fsp3) is 0.516. The van der Waals surface area contributed by atoms with Gasteiger partial charge in [-0.25, -0.2) is 0 Å². The molecular weight excluding hydrogens is 1320 g/mol. The van der Waals surface area contributed by atoms with Gasteiger partial charge in [0.1, 0.15) is 34.2 Å². The summed E-state index contributed by atoms with van der Waals surface area (Å²) in [4.78, 5) is 79.8. The molecule has 0 unspecified atom stereocenters. The van der Waals surface area contributed by atoms with Gasteiger partial charge in [0.2, 0.25) is 0 Å². The summed E-state index contributed by atoms with van der Waals surface area (Å²) in [5, 5.41) is 7.10. The van der Waals surface area contributed by atoms with Gasteiger partial charge in [0.25, 0.3) is 11.8 Å². The van der Waals surface area contributed by atoms with E-state index in [1.807, 2.05) is 60.7 Å². The summed E-state index contributed by atoms with van der Waals surface area (Å²) in [6, 6.07) is 17.5. The first-order chi connectivity index (χ1) is 40.8. The van der Waals surface area contributed by atoms with E-state index < -0.39 is 11.2 Å². The molecule has 4 aromatic carbocycles. The van der Waals surface area contributed by atoms with E-state index in [1.165, 1.54) is 14.2 Å². The highest BCUT2D eigenvalue weighted by molar-refractivity contribution is 14.1. The summed E-state index contributed by atoms with van der Waals surface area (Å²) in [7, 11) is 2.86. The number of nitrogens with one attached hydrogen (secondary N) is 2. The molecule has 10 rings (SSSR count). The number of likely N-dealkylation sites (tertiary alicyclic amines) is 2. The van der Waals surface area contributed by atoms with Crippen molar-refractivity contribution in [3.05, 3.63) is 114 Å². The maximum atomic E-state index is 13.2. The molecule has 4 aromatic rings. The molecule has 466 valence electrons. The number of thiocarbonyl (C=S) groups is 1. The molecular formula is C64H77Cl4IN4O12S. The van der Waals surface area contributed by atoms with Crippen molar-refractivity contribution >= 4 is 120 Å². The summed E-state index contributed by atoms with van der Waals surface area (Å²) in [5.41, 5.74) is 2.52. The SMILES string of the molecule is C.COC(=O)C1CCC(Oc2cc3c(cc2C)C(=O)CC2(CCN(CCNC(=O)c4c(Cl)cccc4Cl)CC2)O3)CC1.COC(=O)C1CCC(Oc2cc3c(cc2C)C(=O)CC2(CCN(CCNC(=O)c4c(Cl)cccc4Cl)CC2)O3)CC1.S=CI. The Morgan fingerprint density at radius 1 is 0.605 bits per heavy atom. The number of ketones is 2. The molecule has 2 N–H and O–H groups in total. The van der Waals surface area contributed by atoms with Gasteiger partial charge >= 0.3 is 11.9 Å². The van der Waals surface area contributed by atoms with Crippen LogP contribution in [0.2, 0.25) is 20.1 Å². The van der Waals surface area contributed by atoms with E-state index in [9.17, 15) is 28.8 Å². The second-order valence-electron chi connectivity index (χ2n) is 22.7. The number of benzene rings is 4. The van der Waals surface area contributed by atoms with E-state index in [-0.39, 0.29) is 77.9 Å². The molecule has 0 aromatic heterocycles. The van der Waals surface area contributed by atoms with Crippen molar-refractivity contribution in [3.63, 3.8) is 0 Å². The number of carbonyl (C=O) groups is 6. The molecule has 0 bridgehead atoms. The summed E-state index contributed by atoms with van der Waals surface area (Å²) < 4.78 is 37.2. The third-order valence-electron chi connectivity index (χ3n) is 17.1. The largest absolute Gasteiger partial charge is 0.490 e. The highest BCUT2D eigenvalue weighted by Gasteiger charge is 2.45. The average Bonchev–Trinajstić information content (AvgIpc) is 0.867. The lowest BCUT2D eigenvalue weighted by Crippen LogP contribution is -2.52. The Bertz CT molecular complexity index is 2860. The zero-order valence-electron chi connectivity index (χ0n) is 48.3. The van der Waals surface area contributed by atoms with Crippen LogP contribution in [-0.2, 0) is 19.1 Å². The third-order valence-corrected chi connectivity index (χ3v) is 18.4. The first kappa shape index (κ1) is 68.7. The molecule has 4 fully saturated rings. The second kappa shape index (κ2) is 31.6. The van der Waals surface area contributed by atoms with Crippen LogP contribution < -0.4 is 29.6 Å². The van der Waals surface area contributed by atoms with Crippen LogP contribution in [0.15, 0.2) is 60.7 Å². The number of ether oxygens (including phenoxy) is 6. The van der Waals surface area contributed by atoms with E-state index in [0.29, 0.717) is 107 Å². The zero-order chi connectivity index (χ0) is 61.0. The minimum Gasteiger partial charge on any atom is -0.490 e. The van der Waals surface area contributed by atoms with Gasteiger partial charge < -0.3 is 48.9 Å². The number of esters is 2. The normalized spacial score (nSPS) is 21.1. The second-order valence-corrected chi connectivity index (χ2v) is 26.0. The van der Waals surface area contributed by atoms with Crippen molar-refractivity contribution < 1.29 is 57.2 Å². The number of fused-ring (bicyclic) bond motifs is 2. The number of methoxy groups -OCH3 is 2. The Morgan fingerprint density at radius 3 is 1.24 bits per heavy atom. The number of aryl methyl sites for hydroxylation is 2. The molecule has 0 atom stereocenters. The Kier molecular flexibility index (Phi) is 25.2. The maximum Gasteiger partial charge on any atom is 0.308 e. The summed E-state index contributed by atoms with van der Waals surface area (Å²) in [6.45, 7) is 9.17. The Balaban J connectivity index is 0.000000233. The molecule has 4 heterocycles. The summed E-state index contributed by atoms with van der Waals surface area (Å²) >= 11 is 30.8. The number of halogens is 5. The van der Waals surface area contributed by atoms with Crippen molar-refractivity contribution in [2.24, 2.45) is 11.8 Å². The van der Waals surface area contributed by atoms with Gasteiger partial charge in [0.15, 0.2) is 11.6 Å². The lowest BCUT2D eigenvalue weighted by molar-refractivity contribution is -0.147. The van der Waals surface area contributed by atoms with Gasteiger partial charge in [-0.15, -0.1) is 0 Å². The Labute approximate surface area is 543 Å². The van der Waals surface area contributed by atoms with Crippen molar-refractivity contribution in [1.82, 2.24) is 20.4 Å². The topological polar surface area (TPSA) is 188 Å². The van der Waals surface area contributed by atoms with E-state index in [1.54, 1.807) is 39.8 Å². The molecule has 2 aliphatic carbocycles. The average molecular weight is 1400 g/mol. The van der Waals surface area contributed by atoms with Gasteiger partial charge in [0.05, 0.1) is 93.4 Å². The minimum atomic E-state index is -0.542. The predicted molar refractivity (Wildman–Crippen MR) is 347 cm³/mol. The minimum absolute atomic E-state index is 0. The van der Waals surface area contributed by atoms with Gasteiger partial charge in [-0.1, -0.05) is 78.2 Å². The molecule has 6 aliphatic rings. The molecule has 2 saturated carbocycles. The molecule has 2 saturated heterocycles. The number of amides is 2. The lowest BCUT2D eigenvalue weighted by atomic mass is 9.82. The number of hydrogen-bond donors (Lipinski definition) is 2. The summed E-state index contributed by atoms with van der Waals surface area (Å²) in [5.74, 6) is 1.80. The van der Waals surface area contributed by atoms with Crippen molar-refractivity contribution in [2.75, 3.05) is 66.6 Å². The fourth-order valence-corrected chi connectivity index (χ4v) is 13.4. The molecule has 0 radical (unpaired) electrons. The molecule has 2 amide bonds. The van der Waals surface area contributed by atoms with Crippen LogP contribution in [-0.4, -0.2) is 138 Å². The smallest absolute Gasteiger partial charge is 0.308 e. The Hall–Kier alpha value is -4.80. The van der Waals surface area contributed by atoms with Crippen LogP contribution >= 0.6 is 81.2 Å². The van der Waals surface area contributed by atoms with Crippen LogP contribution in [0.25, 0.3) is 0 Å². The van der Waals surface area contributed by atoms with Crippen molar-refractivity contribution in [2.45, 2.75) is 135 Å². The fourth-order valence-electron chi connectivity index (χ4n) is 12.2. The number of carbonyl (C=O) groups excluding carboxylic acids is 6. The van der Waals surface area contributed by atoms with Gasteiger partial charge in [0, 0.05) is 93.5 Å². The number of Topliss-reactive ketones (excluding diaryl/α,β-unsaturated/α-hetero) is 2. The summed E-state index contributed by atoms with van der Waals surface area (Å²) in [6.07, 6.45) is 9.67. The number of nitrogens with zero attached hydrogens (tertiary/aromatic N) is 2. The molecule has 2 spiro atoms. The van der Waals surface area contributed by atoms with Gasteiger partial charge in [-0.3, -0.25) is 28.8 Å². The number of piperidine rings is 2. The highest BCUT2D eigenvalue weighted by Crippen LogP contribution is 2.45. The Morgan fingerprint density at radius 2 is 0.930 bits per heavy atom. The number of hydrogen-bond acceptors (Lipinski definition) is 15. The van der Waals surface area contributed by atoms with E-state index in [4.69, 9.17) is 74.8 Å². The molecule has 86 heavy (non-hydrogen) atoms. The monoisotopic (exact) mass is 1390 g/mol. The van der Waals surface area contributed by atoms with Gasteiger partial charge in [-0.05, 0) is 135 Å². The third kappa shape index (κ3) is 17.3. The van der Waals surface area contributed by atoms with Crippen LogP contribution in [0.4, 0.5) is 0 Å². The van der Waals surface area contributed by atoms with Crippen LogP contribution in [0.5, 0.6) is 23.0 Å². The predicted octanol–water partition coefficient (Wildman–Crippen LogP) is 13.3. The maximum absolute atomic E-state index is 13.2. The quantitative estimate of drug-likeness (QED) is 0.0525. The number of rotatable bonds is 14. The molecule has 4 aliphatic heterocycles. The molecule has 16 nitrogen and oxygen atoms in total. The van der Waals surface area contributed by atoms with Crippen molar-refractivity contribution in [3.8, 4) is 23.0 Å². The molecule has 22 heteroatoms. The van der Waals surface area contributed by atoms with Gasteiger partial charge in [-0.2, -0.15) is 0 Å². The van der Waals surface area contributed by atoms with E-state index in [2.05, 4.69) is 32.7 Å². The van der Waals surface area contributed by atoms with Crippen LogP contribution in [0, 0.1) is 25.7 Å². The highest BCUT2D eigenvalue weighted by atomic mass is 127. The standard InChI is InChI=1S/2C31H36Cl2N2O6.CHIS.CH4/c2*1-19-16-22-25(36)18-31(41-27(22)17-26(19)40-21-8-6-20(7-9-21)30(38)39-2)10-13-35(14-11-31)15-12-34-29(37)28-23(32)4-3-5-24(28)33;2-1-3;/h2*3-5,16-17,20-21H,6-15,18H2,1-2H3,(H,34,37);1H;1H4. The van der Waals surface area contributed by atoms with E-state index in [0.717, 1.165) is 100 Å².